The second-order valence-corrected chi connectivity index (χ2v) is 3.82. The summed E-state index contributed by atoms with van der Waals surface area (Å²) in [5.74, 6) is -1.06. The number of nitrogens with two attached hydrogens (primary N) is 1. The summed E-state index contributed by atoms with van der Waals surface area (Å²) in [5.41, 5.74) is 7.13. The first-order valence-electron chi connectivity index (χ1n) is 5.54. The predicted molar refractivity (Wildman–Crippen MR) is 70.1 cm³/mol. The number of carboxylic acid groups (broad SMARTS) is 1. The molecule has 0 unspecified atom stereocenters. The number of carbonyl (C=O) groups is 2. The van der Waals surface area contributed by atoms with E-state index < -0.39 is 5.97 Å². The predicted octanol–water partition coefficient (Wildman–Crippen LogP) is 1.51. The van der Waals surface area contributed by atoms with Crippen LogP contribution in [0.5, 0.6) is 0 Å². The fraction of sp³-hybridized carbons (Fsp3) is 0.231. The number of carbonyl (C=O) groups excluding carboxylic acids is 1. The van der Waals surface area contributed by atoms with E-state index in [-0.39, 0.29) is 11.5 Å². The normalized spacial score (nSPS) is 10.5. The Morgan fingerprint density at radius 3 is 2.78 bits per heavy atom. The molecule has 0 saturated carbocycles. The van der Waals surface area contributed by atoms with Gasteiger partial charge in [-0.15, -0.1) is 0 Å². The Hall–Kier alpha value is -2.30. The van der Waals surface area contributed by atoms with Crippen molar-refractivity contribution in [2.75, 3.05) is 12.3 Å². The number of aromatic carboxylic acids is 1. The summed E-state index contributed by atoms with van der Waals surface area (Å²) < 4.78 is 0. The van der Waals surface area contributed by atoms with Crippen LogP contribution >= 0.6 is 0 Å². The molecule has 1 rings (SSSR count). The van der Waals surface area contributed by atoms with E-state index in [0.29, 0.717) is 24.2 Å². The minimum absolute atomic E-state index is 0.0733. The molecule has 0 aliphatic carbocycles. The van der Waals surface area contributed by atoms with Crippen molar-refractivity contribution in [1.82, 2.24) is 5.32 Å². The number of hydrogen-bond acceptors (Lipinski definition) is 3. The zero-order chi connectivity index (χ0) is 13.5. The molecule has 1 amide bonds. The monoisotopic (exact) mass is 248 g/mol. The number of rotatable bonds is 5. The number of benzene rings is 1. The molecule has 0 fully saturated rings. The maximum Gasteiger partial charge on any atom is 0.335 e. The molecule has 5 heteroatoms. The lowest BCUT2D eigenvalue weighted by Gasteiger charge is -2.02. The van der Waals surface area contributed by atoms with Gasteiger partial charge in [0.25, 0.3) is 0 Å². The first-order valence-corrected chi connectivity index (χ1v) is 5.54. The largest absolute Gasteiger partial charge is 0.478 e. The average Bonchev–Trinajstić information content (AvgIpc) is 2.30. The highest BCUT2D eigenvalue weighted by atomic mass is 16.4. The third-order valence-electron chi connectivity index (χ3n) is 2.32. The number of carboxylic acids is 1. The molecule has 0 bridgehead atoms. The SMILES string of the molecule is CC(=O)NCCC=Cc1cc(C(=O)O)ccc1N. The maximum atomic E-state index is 10.8. The van der Waals surface area contributed by atoms with E-state index in [4.69, 9.17) is 10.8 Å². The second-order valence-electron chi connectivity index (χ2n) is 3.82. The Labute approximate surface area is 105 Å². The second kappa shape index (κ2) is 6.44. The summed E-state index contributed by atoms with van der Waals surface area (Å²) in [5, 5.41) is 11.5. The van der Waals surface area contributed by atoms with Gasteiger partial charge < -0.3 is 16.2 Å². The molecule has 4 N–H and O–H groups in total. The van der Waals surface area contributed by atoms with E-state index in [1.807, 2.05) is 6.08 Å². The van der Waals surface area contributed by atoms with Crippen molar-refractivity contribution in [1.29, 1.82) is 0 Å². The molecular weight excluding hydrogens is 232 g/mol. The summed E-state index contributed by atoms with van der Waals surface area (Å²) >= 11 is 0. The molecule has 5 nitrogen and oxygen atoms in total. The van der Waals surface area contributed by atoms with Crippen molar-refractivity contribution in [2.45, 2.75) is 13.3 Å². The molecule has 0 aliphatic heterocycles. The van der Waals surface area contributed by atoms with Crippen LogP contribution in [0.2, 0.25) is 0 Å². The van der Waals surface area contributed by atoms with Gasteiger partial charge in [-0.2, -0.15) is 0 Å². The molecule has 18 heavy (non-hydrogen) atoms. The minimum atomic E-state index is -0.983. The van der Waals surface area contributed by atoms with Crippen LogP contribution in [0.3, 0.4) is 0 Å². The summed E-state index contributed by atoms with van der Waals surface area (Å²) in [6.45, 7) is 2.00. The molecule has 0 aliphatic rings. The lowest BCUT2D eigenvalue weighted by molar-refractivity contribution is -0.118. The van der Waals surface area contributed by atoms with Gasteiger partial charge in [-0.1, -0.05) is 12.2 Å². The van der Waals surface area contributed by atoms with Gasteiger partial charge in [-0.25, -0.2) is 4.79 Å². The molecule has 0 atom stereocenters. The van der Waals surface area contributed by atoms with Crippen LogP contribution < -0.4 is 11.1 Å². The molecule has 0 saturated heterocycles. The molecule has 0 aromatic heterocycles. The molecule has 1 aromatic carbocycles. The molecule has 1 aromatic rings. The average molecular weight is 248 g/mol. The topological polar surface area (TPSA) is 92.4 Å². The van der Waals surface area contributed by atoms with Gasteiger partial charge in [0.15, 0.2) is 0 Å². The van der Waals surface area contributed by atoms with Gasteiger partial charge >= 0.3 is 5.97 Å². The fourth-order valence-corrected chi connectivity index (χ4v) is 1.39. The third kappa shape index (κ3) is 4.29. The summed E-state index contributed by atoms with van der Waals surface area (Å²) in [4.78, 5) is 21.4. The summed E-state index contributed by atoms with van der Waals surface area (Å²) in [7, 11) is 0. The zero-order valence-electron chi connectivity index (χ0n) is 10.1. The molecule has 0 spiro atoms. The number of nitrogen functional groups attached to an aromatic ring is 1. The number of nitrogens with one attached hydrogen (secondary N) is 1. The Kier molecular flexibility index (Phi) is 4.92. The third-order valence-corrected chi connectivity index (χ3v) is 2.32. The highest BCUT2D eigenvalue weighted by Crippen LogP contribution is 2.16. The summed E-state index contributed by atoms with van der Waals surface area (Å²) in [6, 6.07) is 4.55. The Morgan fingerprint density at radius 2 is 2.17 bits per heavy atom. The molecular formula is C13H16N2O3. The van der Waals surface area contributed by atoms with Gasteiger partial charge in [-0.05, 0) is 30.2 Å². The van der Waals surface area contributed by atoms with Crippen LogP contribution in [-0.4, -0.2) is 23.5 Å². The van der Waals surface area contributed by atoms with Gasteiger partial charge in [0.1, 0.15) is 0 Å². The van der Waals surface area contributed by atoms with Gasteiger partial charge in [0, 0.05) is 19.2 Å². The maximum absolute atomic E-state index is 10.8. The quantitative estimate of drug-likeness (QED) is 0.544. The van der Waals surface area contributed by atoms with E-state index in [1.54, 1.807) is 12.1 Å². The Morgan fingerprint density at radius 1 is 1.44 bits per heavy atom. The van der Waals surface area contributed by atoms with Crippen LogP contribution in [0.1, 0.15) is 29.3 Å². The van der Waals surface area contributed by atoms with Gasteiger partial charge in [0.05, 0.1) is 5.56 Å². The first kappa shape index (κ1) is 13.8. The number of hydrogen-bond donors (Lipinski definition) is 3. The van der Waals surface area contributed by atoms with Crippen LogP contribution in [0, 0.1) is 0 Å². The van der Waals surface area contributed by atoms with E-state index in [0.717, 1.165) is 0 Å². The standard InChI is InChI=1S/C13H16N2O3/c1-9(16)15-7-3-2-4-10-8-11(13(17)18)5-6-12(10)14/h2,4-6,8H,3,7,14H2,1H3,(H,15,16)(H,17,18). The number of amides is 1. The first-order chi connectivity index (χ1) is 8.50. The molecule has 96 valence electrons. The van der Waals surface area contributed by atoms with E-state index in [1.165, 1.54) is 19.1 Å². The highest BCUT2D eigenvalue weighted by molar-refractivity contribution is 5.89. The highest BCUT2D eigenvalue weighted by Gasteiger charge is 2.04. The van der Waals surface area contributed by atoms with E-state index in [9.17, 15) is 9.59 Å². The van der Waals surface area contributed by atoms with E-state index in [2.05, 4.69) is 5.32 Å². The van der Waals surface area contributed by atoms with Crippen LogP contribution in [-0.2, 0) is 4.79 Å². The van der Waals surface area contributed by atoms with Crippen LogP contribution in [0.4, 0.5) is 5.69 Å². The van der Waals surface area contributed by atoms with Crippen molar-refractivity contribution in [3.05, 3.63) is 35.4 Å². The van der Waals surface area contributed by atoms with Gasteiger partial charge in [-0.3, -0.25) is 4.79 Å². The van der Waals surface area contributed by atoms with Crippen molar-refractivity contribution >= 4 is 23.6 Å². The van der Waals surface area contributed by atoms with Crippen molar-refractivity contribution in [3.63, 3.8) is 0 Å². The van der Waals surface area contributed by atoms with Crippen molar-refractivity contribution < 1.29 is 14.7 Å². The lowest BCUT2D eigenvalue weighted by Crippen LogP contribution is -2.20. The minimum Gasteiger partial charge on any atom is -0.478 e. The summed E-state index contributed by atoms with van der Waals surface area (Å²) in [6.07, 6.45) is 4.26. The van der Waals surface area contributed by atoms with Gasteiger partial charge in [0.2, 0.25) is 5.91 Å². The van der Waals surface area contributed by atoms with Crippen molar-refractivity contribution in [3.8, 4) is 0 Å². The lowest BCUT2D eigenvalue weighted by atomic mass is 10.1. The van der Waals surface area contributed by atoms with Crippen molar-refractivity contribution in [2.24, 2.45) is 0 Å². The van der Waals surface area contributed by atoms with E-state index >= 15 is 0 Å². The zero-order valence-corrected chi connectivity index (χ0v) is 10.1. The molecule has 0 heterocycles. The fourth-order valence-electron chi connectivity index (χ4n) is 1.39. The number of anilines is 1. The smallest absolute Gasteiger partial charge is 0.335 e. The Bertz CT molecular complexity index is 481. The van der Waals surface area contributed by atoms with Crippen LogP contribution in [0.25, 0.3) is 6.08 Å². The Balaban J connectivity index is 2.65. The van der Waals surface area contributed by atoms with Crippen LogP contribution in [0.15, 0.2) is 24.3 Å². The molecule has 0 radical (unpaired) electrons.